The third-order valence-electron chi connectivity index (χ3n) is 2.54. The van der Waals surface area contributed by atoms with Crippen molar-refractivity contribution in [3.05, 3.63) is 12.7 Å². The van der Waals surface area contributed by atoms with Gasteiger partial charge in [0.1, 0.15) is 6.54 Å². The summed E-state index contributed by atoms with van der Waals surface area (Å²) in [5.41, 5.74) is 0. The first-order chi connectivity index (χ1) is 9.15. The fraction of sp³-hybridized carbons (Fsp3) is 0.714. The molecule has 0 rings (SSSR count). The molecule has 0 bridgehead atoms. The number of carbonyl (C=O) groups is 1. The number of guanidine groups is 1. The highest BCUT2D eigenvalue weighted by Crippen LogP contribution is 1.94. The van der Waals surface area contributed by atoms with Gasteiger partial charge in [0.2, 0.25) is 5.91 Å². The van der Waals surface area contributed by atoms with Crippen molar-refractivity contribution in [2.24, 2.45) is 4.99 Å². The average molecular weight is 396 g/mol. The van der Waals surface area contributed by atoms with Crippen molar-refractivity contribution in [1.82, 2.24) is 15.5 Å². The summed E-state index contributed by atoms with van der Waals surface area (Å²) in [5.74, 6) is 0.745. The van der Waals surface area contributed by atoms with Gasteiger partial charge in [-0.1, -0.05) is 13.0 Å². The number of rotatable bonds is 9. The quantitative estimate of drug-likeness (QED) is 0.206. The van der Waals surface area contributed by atoms with Gasteiger partial charge in [-0.25, -0.2) is 4.99 Å². The van der Waals surface area contributed by atoms with E-state index in [4.69, 9.17) is 0 Å². The topological polar surface area (TPSA) is 56.7 Å². The molecular weight excluding hydrogens is 367 g/mol. The summed E-state index contributed by atoms with van der Waals surface area (Å²) in [6.45, 7) is 10.3. The Bertz CT molecular complexity index is 295. The van der Waals surface area contributed by atoms with Crippen molar-refractivity contribution in [1.29, 1.82) is 0 Å². The summed E-state index contributed by atoms with van der Waals surface area (Å²) >= 11 is 0. The Labute approximate surface area is 140 Å². The maximum atomic E-state index is 11.5. The average Bonchev–Trinajstić information content (AvgIpc) is 2.41. The van der Waals surface area contributed by atoms with Crippen LogP contribution in [0.2, 0.25) is 0 Å². The molecule has 0 saturated heterocycles. The summed E-state index contributed by atoms with van der Waals surface area (Å²) < 4.78 is 0. The summed E-state index contributed by atoms with van der Waals surface area (Å²) in [7, 11) is 1.98. The summed E-state index contributed by atoms with van der Waals surface area (Å²) in [6, 6.07) is 0. The Morgan fingerprint density at radius 2 is 2.05 bits per heavy atom. The molecule has 2 N–H and O–H groups in total. The van der Waals surface area contributed by atoms with E-state index in [9.17, 15) is 4.79 Å². The van der Waals surface area contributed by atoms with Crippen molar-refractivity contribution < 1.29 is 4.79 Å². The minimum absolute atomic E-state index is 0. The Balaban J connectivity index is 0. The molecule has 0 aromatic carbocycles. The van der Waals surface area contributed by atoms with Gasteiger partial charge in [-0.2, -0.15) is 0 Å². The number of unbranched alkanes of at least 4 members (excludes halogenated alkanes) is 1. The van der Waals surface area contributed by atoms with Gasteiger partial charge in [0.25, 0.3) is 0 Å². The van der Waals surface area contributed by atoms with E-state index >= 15 is 0 Å². The van der Waals surface area contributed by atoms with Crippen molar-refractivity contribution in [2.45, 2.75) is 33.1 Å². The number of hydrogen-bond acceptors (Lipinski definition) is 2. The standard InChI is InChI=1S/C14H28N4O.HI/c1-5-8-9-11-18(4)14(15-7-3)17-12-13(19)16-10-6-2;/h5H,1,6-12H2,2-4H3,(H,15,17)(H,16,19);1H. The Kier molecular flexibility index (Phi) is 15.7. The summed E-state index contributed by atoms with van der Waals surface area (Å²) in [4.78, 5) is 17.9. The molecule has 0 heterocycles. The molecule has 0 saturated carbocycles. The highest BCUT2D eigenvalue weighted by atomic mass is 127. The second kappa shape index (κ2) is 14.6. The minimum Gasteiger partial charge on any atom is -0.357 e. The third kappa shape index (κ3) is 11.1. The predicted octanol–water partition coefficient (Wildman–Crippen LogP) is 1.99. The zero-order valence-corrected chi connectivity index (χ0v) is 15.3. The SMILES string of the molecule is C=CCCCN(C)C(=NCC(=O)NCCC)NCC.I. The lowest BCUT2D eigenvalue weighted by Crippen LogP contribution is -2.40. The molecule has 0 aliphatic carbocycles. The Morgan fingerprint density at radius 3 is 2.60 bits per heavy atom. The van der Waals surface area contributed by atoms with Gasteiger partial charge in [0.05, 0.1) is 0 Å². The van der Waals surface area contributed by atoms with Crippen LogP contribution in [-0.2, 0) is 4.79 Å². The van der Waals surface area contributed by atoms with Gasteiger partial charge in [-0.05, 0) is 26.2 Å². The number of carbonyl (C=O) groups excluding carboxylic acids is 1. The van der Waals surface area contributed by atoms with E-state index in [1.807, 2.05) is 31.9 Å². The van der Waals surface area contributed by atoms with Crippen LogP contribution in [0.3, 0.4) is 0 Å². The first-order valence-electron chi connectivity index (χ1n) is 7.02. The number of nitrogens with zero attached hydrogens (tertiary/aromatic N) is 2. The van der Waals surface area contributed by atoms with E-state index in [0.717, 1.165) is 38.3 Å². The first kappa shape index (κ1) is 21.5. The molecule has 0 aromatic rings. The molecule has 1 amide bonds. The third-order valence-corrected chi connectivity index (χ3v) is 2.54. The molecule has 6 heteroatoms. The van der Waals surface area contributed by atoms with Gasteiger partial charge >= 0.3 is 0 Å². The molecule has 0 aromatic heterocycles. The zero-order valence-electron chi connectivity index (χ0n) is 12.9. The molecule has 0 aliphatic heterocycles. The number of hydrogen-bond donors (Lipinski definition) is 2. The van der Waals surface area contributed by atoms with Crippen molar-refractivity contribution in [3.8, 4) is 0 Å². The molecule has 0 fully saturated rings. The summed E-state index contributed by atoms with van der Waals surface area (Å²) in [5, 5.41) is 6.01. The van der Waals surface area contributed by atoms with Crippen LogP contribution in [0.15, 0.2) is 17.6 Å². The van der Waals surface area contributed by atoms with Gasteiger partial charge in [0.15, 0.2) is 5.96 Å². The highest BCUT2D eigenvalue weighted by molar-refractivity contribution is 14.0. The summed E-state index contributed by atoms with van der Waals surface area (Å²) in [6.07, 6.45) is 4.88. The van der Waals surface area contributed by atoms with Crippen LogP contribution in [0.4, 0.5) is 0 Å². The predicted molar refractivity (Wildman–Crippen MR) is 96.8 cm³/mol. The lowest BCUT2D eigenvalue weighted by molar-refractivity contribution is -0.119. The molecule has 5 nitrogen and oxygen atoms in total. The first-order valence-corrected chi connectivity index (χ1v) is 7.02. The molecule has 0 radical (unpaired) electrons. The van der Waals surface area contributed by atoms with E-state index in [1.165, 1.54) is 0 Å². The molecular formula is C14H29IN4O. The van der Waals surface area contributed by atoms with Crippen LogP contribution in [0.5, 0.6) is 0 Å². The van der Waals surface area contributed by atoms with Crippen LogP contribution < -0.4 is 10.6 Å². The molecule has 0 atom stereocenters. The monoisotopic (exact) mass is 396 g/mol. The maximum absolute atomic E-state index is 11.5. The highest BCUT2D eigenvalue weighted by Gasteiger charge is 2.06. The van der Waals surface area contributed by atoms with E-state index in [0.29, 0.717) is 6.54 Å². The fourth-order valence-electron chi connectivity index (χ4n) is 1.52. The second-order valence-corrected chi connectivity index (χ2v) is 4.37. The van der Waals surface area contributed by atoms with E-state index < -0.39 is 0 Å². The van der Waals surface area contributed by atoms with Crippen LogP contribution in [-0.4, -0.2) is 50.0 Å². The van der Waals surface area contributed by atoms with E-state index in [-0.39, 0.29) is 36.4 Å². The lowest BCUT2D eigenvalue weighted by Gasteiger charge is -2.21. The zero-order chi connectivity index (χ0) is 14.5. The number of amides is 1. The lowest BCUT2D eigenvalue weighted by atomic mass is 10.3. The fourth-order valence-corrected chi connectivity index (χ4v) is 1.52. The van der Waals surface area contributed by atoms with Crippen molar-refractivity contribution >= 4 is 35.8 Å². The minimum atomic E-state index is -0.0308. The maximum Gasteiger partial charge on any atom is 0.241 e. The Morgan fingerprint density at radius 1 is 1.35 bits per heavy atom. The normalized spacial score (nSPS) is 10.4. The van der Waals surface area contributed by atoms with E-state index in [2.05, 4.69) is 22.2 Å². The molecule has 0 aliphatic rings. The van der Waals surface area contributed by atoms with Gasteiger partial charge < -0.3 is 15.5 Å². The van der Waals surface area contributed by atoms with Gasteiger partial charge in [-0.3, -0.25) is 4.79 Å². The number of halogens is 1. The van der Waals surface area contributed by atoms with Crippen LogP contribution >= 0.6 is 24.0 Å². The number of allylic oxidation sites excluding steroid dienone is 1. The van der Waals surface area contributed by atoms with Crippen molar-refractivity contribution in [2.75, 3.05) is 33.2 Å². The van der Waals surface area contributed by atoms with Gasteiger partial charge in [0, 0.05) is 26.7 Å². The van der Waals surface area contributed by atoms with Crippen LogP contribution in [0, 0.1) is 0 Å². The molecule has 0 spiro atoms. The molecule has 0 unspecified atom stereocenters. The van der Waals surface area contributed by atoms with Crippen molar-refractivity contribution in [3.63, 3.8) is 0 Å². The van der Waals surface area contributed by atoms with E-state index in [1.54, 1.807) is 0 Å². The number of nitrogens with one attached hydrogen (secondary N) is 2. The largest absolute Gasteiger partial charge is 0.357 e. The van der Waals surface area contributed by atoms with Crippen LogP contribution in [0.25, 0.3) is 0 Å². The molecule has 20 heavy (non-hydrogen) atoms. The second-order valence-electron chi connectivity index (χ2n) is 4.37. The molecule has 118 valence electrons. The Hall–Kier alpha value is -0.790. The smallest absolute Gasteiger partial charge is 0.241 e. The van der Waals surface area contributed by atoms with Crippen LogP contribution in [0.1, 0.15) is 33.1 Å². The number of aliphatic imine (C=N–C) groups is 1. The van der Waals surface area contributed by atoms with Gasteiger partial charge in [-0.15, -0.1) is 30.6 Å².